The zero-order valence-electron chi connectivity index (χ0n) is 12.7. The van der Waals surface area contributed by atoms with Gasteiger partial charge < -0.3 is 10.4 Å². The maximum atomic E-state index is 10.8. The van der Waals surface area contributed by atoms with Gasteiger partial charge in [0.1, 0.15) is 11.5 Å². The Morgan fingerprint density at radius 3 is 2.73 bits per heavy atom. The first-order valence-corrected chi connectivity index (χ1v) is 7.25. The van der Waals surface area contributed by atoms with Crippen LogP contribution in [0.4, 0.5) is 11.5 Å². The van der Waals surface area contributed by atoms with Crippen LogP contribution in [0.25, 0.3) is 0 Å². The standard InChI is InChI=1S/C14H20N4O4/c1-3-17(8-14(19)20)11-6-10(7-11)16-13-5-4-12(18(21)22)9(2)15-13/h4-5,10-11H,3,6-8H2,1-2H3,(H,15,16)(H,19,20). The summed E-state index contributed by atoms with van der Waals surface area (Å²) < 4.78 is 0. The lowest BCUT2D eigenvalue weighted by molar-refractivity contribution is -0.385. The summed E-state index contributed by atoms with van der Waals surface area (Å²) in [6.45, 7) is 4.32. The molecule has 1 aliphatic rings. The van der Waals surface area contributed by atoms with Crippen LogP contribution in [-0.2, 0) is 4.79 Å². The van der Waals surface area contributed by atoms with Gasteiger partial charge in [0.05, 0.1) is 11.5 Å². The Kier molecular flexibility index (Phi) is 4.92. The van der Waals surface area contributed by atoms with E-state index in [1.807, 2.05) is 11.8 Å². The van der Waals surface area contributed by atoms with Gasteiger partial charge in [0.25, 0.3) is 5.69 Å². The summed E-state index contributed by atoms with van der Waals surface area (Å²) in [5.41, 5.74) is 0.391. The van der Waals surface area contributed by atoms with Crippen molar-refractivity contribution in [1.29, 1.82) is 0 Å². The van der Waals surface area contributed by atoms with Crippen molar-refractivity contribution < 1.29 is 14.8 Å². The van der Waals surface area contributed by atoms with E-state index >= 15 is 0 Å². The minimum absolute atomic E-state index is 0.00986. The van der Waals surface area contributed by atoms with Crippen molar-refractivity contribution in [2.75, 3.05) is 18.4 Å². The summed E-state index contributed by atoms with van der Waals surface area (Å²) in [6.07, 6.45) is 1.69. The molecule has 0 aliphatic heterocycles. The van der Waals surface area contributed by atoms with E-state index in [-0.39, 0.29) is 24.3 Å². The molecule has 22 heavy (non-hydrogen) atoms. The topological polar surface area (TPSA) is 109 Å². The number of hydrogen-bond donors (Lipinski definition) is 2. The summed E-state index contributed by atoms with van der Waals surface area (Å²) in [4.78, 5) is 27.2. The van der Waals surface area contributed by atoms with Crippen molar-refractivity contribution in [3.63, 3.8) is 0 Å². The summed E-state index contributed by atoms with van der Waals surface area (Å²) >= 11 is 0. The second-order valence-electron chi connectivity index (χ2n) is 5.48. The van der Waals surface area contributed by atoms with Gasteiger partial charge in [-0.05, 0) is 32.4 Å². The van der Waals surface area contributed by atoms with Crippen LogP contribution in [0.2, 0.25) is 0 Å². The van der Waals surface area contributed by atoms with Gasteiger partial charge >= 0.3 is 5.97 Å². The zero-order chi connectivity index (χ0) is 16.3. The number of nitrogens with zero attached hydrogens (tertiary/aromatic N) is 3. The zero-order valence-corrected chi connectivity index (χ0v) is 12.7. The van der Waals surface area contributed by atoms with E-state index < -0.39 is 10.9 Å². The lowest BCUT2D eigenvalue weighted by Gasteiger charge is -2.42. The second-order valence-corrected chi connectivity index (χ2v) is 5.48. The molecule has 0 saturated heterocycles. The van der Waals surface area contributed by atoms with Crippen molar-refractivity contribution in [2.24, 2.45) is 0 Å². The quantitative estimate of drug-likeness (QED) is 0.582. The molecule has 1 saturated carbocycles. The molecule has 0 aromatic carbocycles. The predicted octanol–water partition coefficient (Wildman–Crippen LogP) is 1.65. The Morgan fingerprint density at radius 2 is 2.23 bits per heavy atom. The molecular weight excluding hydrogens is 288 g/mol. The predicted molar refractivity (Wildman–Crippen MR) is 80.9 cm³/mol. The third-order valence-electron chi connectivity index (χ3n) is 3.98. The monoisotopic (exact) mass is 308 g/mol. The number of hydrogen-bond acceptors (Lipinski definition) is 6. The van der Waals surface area contributed by atoms with E-state index in [1.165, 1.54) is 6.07 Å². The number of nitro groups is 1. The molecule has 8 heteroatoms. The molecule has 120 valence electrons. The van der Waals surface area contributed by atoms with Crippen LogP contribution in [0.1, 0.15) is 25.5 Å². The molecule has 0 bridgehead atoms. The Balaban J connectivity index is 1.88. The highest BCUT2D eigenvalue weighted by molar-refractivity contribution is 5.69. The molecule has 1 heterocycles. The van der Waals surface area contributed by atoms with Crippen molar-refractivity contribution in [3.05, 3.63) is 27.9 Å². The molecule has 1 aromatic heterocycles. The minimum Gasteiger partial charge on any atom is -0.480 e. The van der Waals surface area contributed by atoms with Crippen LogP contribution in [0.5, 0.6) is 0 Å². The molecule has 1 fully saturated rings. The average molecular weight is 308 g/mol. The molecule has 0 atom stereocenters. The van der Waals surface area contributed by atoms with Gasteiger partial charge in [-0.2, -0.15) is 0 Å². The number of carboxylic acids is 1. The fourth-order valence-corrected chi connectivity index (χ4v) is 2.71. The molecule has 0 spiro atoms. The molecular formula is C14H20N4O4. The van der Waals surface area contributed by atoms with E-state index in [0.717, 1.165) is 12.8 Å². The Morgan fingerprint density at radius 1 is 1.55 bits per heavy atom. The number of rotatable bonds is 7. The number of aryl methyl sites for hydroxylation is 1. The average Bonchev–Trinajstić information content (AvgIpc) is 2.39. The molecule has 2 rings (SSSR count). The van der Waals surface area contributed by atoms with Gasteiger partial charge in [0.2, 0.25) is 0 Å². The highest BCUT2D eigenvalue weighted by Gasteiger charge is 2.34. The SMILES string of the molecule is CCN(CC(=O)O)C1CC(Nc2ccc([N+](=O)[O-])c(C)n2)C1. The van der Waals surface area contributed by atoms with Crippen LogP contribution in [-0.4, -0.2) is 51.1 Å². The molecule has 1 aliphatic carbocycles. The highest BCUT2D eigenvalue weighted by Crippen LogP contribution is 2.28. The summed E-state index contributed by atoms with van der Waals surface area (Å²) in [7, 11) is 0. The van der Waals surface area contributed by atoms with Gasteiger partial charge in [-0.1, -0.05) is 6.92 Å². The van der Waals surface area contributed by atoms with Crippen molar-refractivity contribution in [3.8, 4) is 0 Å². The maximum Gasteiger partial charge on any atom is 0.317 e. The van der Waals surface area contributed by atoms with E-state index in [2.05, 4.69) is 10.3 Å². The number of aromatic nitrogens is 1. The largest absolute Gasteiger partial charge is 0.480 e. The van der Waals surface area contributed by atoms with Gasteiger partial charge in [-0.25, -0.2) is 4.98 Å². The van der Waals surface area contributed by atoms with E-state index in [9.17, 15) is 14.9 Å². The first kappa shape index (κ1) is 16.2. The fourth-order valence-electron chi connectivity index (χ4n) is 2.71. The Hall–Kier alpha value is -2.22. The third-order valence-corrected chi connectivity index (χ3v) is 3.98. The molecule has 0 unspecified atom stereocenters. The Labute approximate surface area is 128 Å². The van der Waals surface area contributed by atoms with Crippen molar-refractivity contribution >= 4 is 17.5 Å². The van der Waals surface area contributed by atoms with Gasteiger partial charge in [-0.15, -0.1) is 0 Å². The highest BCUT2D eigenvalue weighted by atomic mass is 16.6. The second kappa shape index (κ2) is 6.69. The third kappa shape index (κ3) is 3.70. The van der Waals surface area contributed by atoms with Crippen LogP contribution in [0.3, 0.4) is 0 Å². The minimum atomic E-state index is -0.814. The summed E-state index contributed by atoms with van der Waals surface area (Å²) in [5, 5.41) is 22.9. The van der Waals surface area contributed by atoms with Gasteiger partial charge in [0, 0.05) is 18.2 Å². The number of aliphatic carboxylic acids is 1. The summed E-state index contributed by atoms with van der Waals surface area (Å²) in [5.74, 6) is -0.196. The van der Waals surface area contributed by atoms with Gasteiger partial charge in [-0.3, -0.25) is 19.8 Å². The summed E-state index contributed by atoms with van der Waals surface area (Å²) in [6, 6.07) is 3.54. The fraction of sp³-hybridized carbons (Fsp3) is 0.571. The number of carbonyl (C=O) groups is 1. The van der Waals surface area contributed by atoms with Crippen LogP contribution in [0, 0.1) is 17.0 Å². The number of pyridine rings is 1. The van der Waals surface area contributed by atoms with Crippen molar-refractivity contribution in [2.45, 2.75) is 38.8 Å². The normalized spacial score (nSPS) is 20.5. The first-order valence-electron chi connectivity index (χ1n) is 7.25. The smallest absolute Gasteiger partial charge is 0.317 e. The first-order chi connectivity index (χ1) is 10.4. The van der Waals surface area contributed by atoms with Crippen LogP contribution < -0.4 is 5.32 Å². The molecule has 8 nitrogen and oxygen atoms in total. The maximum absolute atomic E-state index is 10.8. The van der Waals surface area contributed by atoms with Crippen LogP contribution >= 0.6 is 0 Å². The Bertz CT molecular complexity index is 572. The number of nitrogens with one attached hydrogen (secondary N) is 1. The van der Waals surface area contributed by atoms with E-state index in [1.54, 1.807) is 13.0 Å². The van der Waals surface area contributed by atoms with Gasteiger partial charge in [0.15, 0.2) is 0 Å². The lowest BCUT2D eigenvalue weighted by Crippen LogP contribution is -2.51. The number of anilines is 1. The molecule has 1 aromatic rings. The number of carboxylic acid groups (broad SMARTS) is 1. The molecule has 0 amide bonds. The molecule has 0 radical (unpaired) electrons. The van der Waals surface area contributed by atoms with Crippen LogP contribution in [0.15, 0.2) is 12.1 Å². The lowest BCUT2D eigenvalue weighted by atomic mass is 9.85. The van der Waals surface area contributed by atoms with Crippen molar-refractivity contribution in [1.82, 2.24) is 9.88 Å². The molecule has 2 N–H and O–H groups in total. The number of likely N-dealkylation sites (N-methyl/N-ethyl adjacent to an activating group) is 1. The van der Waals surface area contributed by atoms with E-state index in [4.69, 9.17) is 5.11 Å². The van der Waals surface area contributed by atoms with E-state index in [0.29, 0.717) is 18.1 Å².